The summed E-state index contributed by atoms with van der Waals surface area (Å²) in [6.45, 7) is 5.62. The Morgan fingerprint density at radius 1 is 0.741 bits per heavy atom. The van der Waals surface area contributed by atoms with Gasteiger partial charge in [-0.2, -0.15) is 0 Å². The van der Waals surface area contributed by atoms with E-state index in [9.17, 15) is 19.2 Å². The van der Waals surface area contributed by atoms with Crippen molar-refractivity contribution >= 4 is 90.5 Å². The van der Waals surface area contributed by atoms with E-state index in [0.717, 1.165) is 110 Å². The summed E-state index contributed by atoms with van der Waals surface area (Å²) >= 11 is 11.4. The first-order valence-corrected chi connectivity index (χ1v) is 32.6. The molecule has 452 valence electrons. The lowest BCUT2D eigenvalue weighted by Crippen LogP contribution is -2.47. The third-order valence-electron chi connectivity index (χ3n) is 18.7. The van der Waals surface area contributed by atoms with Gasteiger partial charge in [0.15, 0.2) is 23.4 Å². The van der Waals surface area contributed by atoms with E-state index in [0.29, 0.717) is 53.1 Å². The highest BCUT2D eigenvalue weighted by Gasteiger charge is 2.58. The van der Waals surface area contributed by atoms with E-state index < -0.39 is 16.6 Å². The molecule has 19 heteroatoms. The van der Waals surface area contributed by atoms with Crippen molar-refractivity contribution in [2.75, 3.05) is 47.4 Å². The van der Waals surface area contributed by atoms with Gasteiger partial charge in [0.05, 0.1) is 19.1 Å². The lowest BCUT2D eigenvalue weighted by Gasteiger charge is -2.35. The molecule has 0 spiro atoms. The molecule has 1 saturated heterocycles. The number of halogens is 2. The van der Waals surface area contributed by atoms with E-state index in [1.807, 2.05) is 67.6 Å². The van der Waals surface area contributed by atoms with Crippen LogP contribution in [-0.4, -0.2) is 120 Å². The van der Waals surface area contributed by atoms with Crippen LogP contribution < -0.4 is 27.3 Å². The summed E-state index contributed by atoms with van der Waals surface area (Å²) in [5.74, 6) is 2.89. The zero-order chi connectivity index (χ0) is 60.0. The Hall–Kier alpha value is -6.34. The maximum atomic E-state index is 13.8. The number of thiophene rings is 1. The second kappa shape index (κ2) is 26.7. The summed E-state index contributed by atoms with van der Waals surface area (Å²) in [7, 11) is 4.99. The van der Waals surface area contributed by atoms with Crippen LogP contribution in [0.5, 0.6) is 5.75 Å². The Morgan fingerprint density at radius 2 is 1.45 bits per heavy atom. The standard InChI is InChI=1S/C27H40N4O3.C25H29ClN4O.C14H14BrN3OS/c1-31-25(33)27(30-26(31)28,15-14-19-8-4-3-5-9-19)18-20-10-6-12-22(16-20)29-24(32)21-11-7-13-23(17-21)34-2;26-22-9-5-7-19(17-22)18-6-4-8-21(16-18)25(20-10-11-20)23(31)30(24(27)28-25)15-14-29-12-2-1-3-13-29;1-14(6-12(19)18(2)13(16)17-14)8-3-4-11-9(5-8)10(15)7-20-11/h7,11,13,17,19-20,22H,3-6,8-10,12,14-16,18H2,1-2H3,(H2,28,30)(H,29,32);4-9,16-17,20H,1-3,10-15H2,(H2,27,28);3-5,7H,6H2,1-2H3,(H2,16,17)/t20-,22+,27+;;14-/m0.0/s1. The summed E-state index contributed by atoms with van der Waals surface area (Å²) in [5, 5.41) is 7.12. The first-order valence-electron chi connectivity index (χ1n) is 30.5. The third-order valence-corrected chi connectivity index (χ3v) is 20.9. The zero-order valence-electron chi connectivity index (χ0n) is 49.7. The van der Waals surface area contributed by atoms with Gasteiger partial charge in [0.2, 0.25) is 5.91 Å². The number of methoxy groups -OCH3 is 1. The predicted octanol–water partition coefficient (Wildman–Crippen LogP) is 11.6. The number of guanidine groups is 3. The number of benzene rings is 4. The molecule has 1 aromatic heterocycles. The number of nitrogens with two attached hydrogens (primary N) is 3. The molecule has 5 heterocycles. The minimum Gasteiger partial charge on any atom is -0.497 e. The number of nitrogens with zero attached hydrogens (tertiary/aromatic N) is 7. The monoisotopic (exact) mass is 1260 g/mol. The normalized spacial score (nSPS) is 25.6. The molecule has 3 aliphatic carbocycles. The van der Waals surface area contributed by atoms with Gasteiger partial charge in [0, 0.05) is 63.8 Å². The number of nitrogens with one attached hydrogen (secondary N) is 1. The highest BCUT2D eigenvalue weighted by molar-refractivity contribution is 9.10. The van der Waals surface area contributed by atoms with E-state index in [1.54, 1.807) is 43.5 Å². The van der Waals surface area contributed by atoms with Crippen LogP contribution in [0.15, 0.2) is 116 Å². The first kappa shape index (κ1) is 61.7. The summed E-state index contributed by atoms with van der Waals surface area (Å²) in [6.07, 6.45) is 19.0. The van der Waals surface area contributed by atoms with Gasteiger partial charge >= 0.3 is 0 Å². The fraction of sp³-hybridized carbons (Fsp3) is 0.500. The number of likely N-dealkylation sites (N-methyl/N-ethyl adjacent to an activating group) is 1. The summed E-state index contributed by atoms with van der Waals surface area (Å²) in [5.41, 5.74) is 20.7. The van der Waals surface area contributed by atoms with Crippen molar-refractivity contribution in [3.8, 4) is 16.9 Å². The maximum absolute atomic E-state index is 13.8. The molecule has 4 fully saturated rings. The average Bonchev–Trinajstić information content (AvgIpc) is 1.72. The molecule has 4 aliphatic heterocycles. The second-order valence-corrected chi connectivity index (χ2v) is 26.9. The van der Waals surface area contributed by atoms with Gasteiger partial charge in [0.25, 0.3) is 17.7 Å². The second-order valence-electron chi connectivity index (χ2n) is 24.7. The van der Waals surface area contributed by atoms with Crippen LogP contribution in [-0.2, 0) is 25.5 Å². The minimum absolute atomic E-state index is 0.00974. The molecule has 5 aromatic rings. The topological polar surface area (TPSA) is 218 Å². The summed E-state index contributed by atoms with van der Waals surface area (Å²) < 4.78 is 7.53. The average molecular weight is 1260 g/mol. The van der Waals surface area contributed by atoms with E-state index in [1.165, 1.54) is 65.9 Å². The van der Waals surface area contributed by atoms with Gasteiger partial charge < -0.3 is 32.2 Å². The van der Waals surface area contributed by atoms with Crippen LogP contribution in [0.4, 0.5) is 0 Å². The third kappa shape index (κ3) is 13.9. The lowest BCUT2D eigenvalue weighted by atomic mass is 9.74. The van der Waals surface area contributed by atoms with Crippen molar-refractivity contribution in [2.45, 2.75) is 145 Å². The number of amides is 4. The van der Waals surface area contributed by atoms with Crippen LogP contribution in [0.3, 0.4) is 0 Å². The van der Waals surface area contributed by atoms with Crippen molar-refractivity contribution in [1.82, 2.24) is 24.9 Å². The van der Waals surface area contributed by atoms with Crippen LogP contribution in [0.2, 0.25) is 5.02 Å². The van der Waals surface area contributed by atoms with E-state index >= 15 is 0 Å². The number of hydrogen-bond donors (Lipinski definition) is 4. The molecule has 5 atom stereocenters. The predicted molar refractivity (Wildman–Crippen MR) is 345 cm³/mol. The van der Waals surface area contributed by atoms with Gasteiger partial charge in [-0.25, -0.2) is 15.0 Å². The number of ether oxygens (including phenoxy) is 1. The van der Waals surface area contributed by atoms with Gasteiger partial charge in [0.1, 0.15) is 11.3 Å². The minimum atomic E-state index is -0.888. The number of carbonyl (C=O) groups excluding carboxylic acids is 4. The number of likely N-dealkylation sites (tertiary alicyclic amines) is 1. The summed E-state index contributed by atoms with van der Waals surface area (Å²) in [4.78, 5) is 73.3. The number of rotatable bonds is 15. The Morgan fingerprint density at radius 3 is 2.15 bits per heavy atom. The molecule has 3 saturated carbocycles. The van der Waals surface area contributed by atoms with Gasteiger partial charge in [-0.1, -0.05) is 105 Å². The highest BCUT2D eigenvalue weighted by atomic mass is 79.9. The molecule has 7 N–H and O–H groups in total. The molecule has 16 nitrogen and oxygen atoms in total. The number of fused-ring (bicyclic) bond motifs is 1. The molecule has 1 unspecified atom stereocenters. The zero-order valence-corrected chi connectivity index (χ0v) is 52.8. The van der Waals surface area contributed by atoms with Crippen molar-refractivity contribution < 1.29 is 23.9 Å². The Labute approximate surface area is 518 Å². The number of hydrogen-bond acceptors (Lipinski definition) is 13. The molecular weight excluding hydrogens is 1170 g/mol. The largest absolute Gasteiger partial charge is 0.497 e. The molecule has 4 aromatic carbocycles. The lowest BCUT2D eigenvalue weighted by molar-refractivity contribution is -0.132. The van der Waals surface area contributed by atoms with Crippen LogP contribution >= 0.6 is 38.9 Å². The quantitative estimate of drug-likeness (QED) is 0.0783. The van der Waals surface area contributed by atoms with Crippen molar-refractivity contribution in [3.63, 3.8) is 0 Å². The Balaban J connectivity index is 0.000000146. The van der Waals surface area contributed by atoms with Crippen LogP contribution in [0.25, 0.3) is 21.2 Å². The Kier molecular flexibility index (Phi) is 19.4. The molecular formula is C66H83BrClN11O5S. The summed E-state index contributed by atoms with van der Waals surface area (Å²) in [6, 6.07) is 29.5. The number of aliphatic imine (C=N–C) groups is 3. The van der Waals surface area contributed by atoms with Crippen LogP contribution in [0, 0.1) is 17.8 Å². The molecule has 4 amide bonds. The fourth-order valence-electron chi connectivity index (χ4n) is 13.6. The SMILES string of the molecule is CN1C(=O)C[C@@](C)(c2ccc3scc(Br)c3c2)N=C1N.COc1cccc(C(=O)N[C@@H]2CCC[C@H](C[C@@]3(CCC4CCCCC4)N=C(N)N(C)C3=O)C2)c1.NC1=NC(c2cccc(-c3cccc(Cl)c3)c2)(C2CC2)C(=O)N1CCN1CCCCC1. The van der Waals surface area contributed by atoms with Crippen LogP contribution in [0.1, 0.15) is 144 Å². The smallest absolute Gasteiger partial charge is 0.262 e. The molecule has 0 bridgehead atoms. The van der Waals surface area contributed by atoms with E-state index in [4.69, 9.17) is 43.5 Å². The molecule has 85 heavy (non-hydrogen) atoms. The van der Waals surface area contributed by atoms with E-state index in [2.05, 4.69) is 60.8 Å². The fourth-order valence-corrected chi connectivity index (χ4v) is 15.4. The molecule has 0 radical (unpaired) electrons. The number of piperidine rings is 1. The first-order chi connectivity index (χ1) is 40.9. The highest BCUT2D eigenvalue weighted by Crippen LogP contribution is 2.52. The number of carbonyl (C=O) groups is 4. The van der Waals surface area contributed by atoms with Gasteiger partial charge in [-0.05, 0) is 182 Å². The van der Waals surface area contributed by atoms with Gasteiger partial charge in [-0.15, -0.1) is 11.3 Å². The van der Waals surface area contributed by atoms with E-state index in [-0.39, 0.29) is 41.5 Å². The van der Waals surface area contributed by atoms with Crippen molar-refractivity contribution in [2.24, 2.45) is 49.9 Å². The molecule has 7 aliphatic rings. The van der Waals surface area contributed by atoms with Crippen molar-refractivity contribution in [3.05, 3.63) is 123 Å². The maximum Gasteiger partial charge on any atom is 0.262 e. The van der Waals surface area contributed by atoms with Gasteiger partial charge in [-0.3, -0.25) is 33.9 Å². The Bertz CT molecular complexity index is 3360. The molecule has 12 rings (SSSR count). The van der Waals surface area contributed by atoms with Crippen molar-refractivity contribution in [1.29, 1.82) is 0 Å².